The summed E-state index contributed by atoms with van der Waals surface area (Å²) in [6, 6.07) is 0. The molecule has 3 N–H and O–H groups in total. The third-order valence-corrected chi connectivity index (χ3v) is 9.37. The predicted octanol–water partition coefficient (Wildman–Crippen LogP) is 11.7. The van der Waals surface area contributed by atoms with Crippen LogP contribution in [-0.4, -0.2) is 49.3 Å². The van der Waals surface area contributed by atoms with Crippen LogP contribution < -0.4 is 5.73 Å². The van der Waals surface area contributed by atoms with Crippen LogP contribution in [0.1, 0.15) is 168 Å². The van der Waals surface area contributed by atoms with E-state index in [4.69, 9.17) is 24.3 Å². The fourth-order valence-electron chi connectivity index (χ4n) is 5.32. The van der Waals surface area contributed by atoms with Crippen LogP contribution in [-0.2, 0) is 32.7 Å². The first-order valence-electron chi connectivity index (χ1n) is 20.8. The van der Waals surface area contributed by atoms with Gasteiger partial charge in [-0.1, -0.05) is 139 Å². The number of rotatable bonds is 38. The Hall–Kier alpha value is -2.29. The van der Waals surface area contributed by atoms with Gasteiger partial charge >= 0.3 is 19.8 Å². The Balaban J connectivity index is 4.24. The van der Waals surface area contributed by atoms with Crippen molar-refractivity contribution in [2.45, 2.75) is 174 Å². The molecule has 0 aliphatic heterocycles. The van der Waals surface area contributed by atoms with Crippen molar-refractivity contribution >= 4 is 19.8 Å². The van der Waals surface area contributed by atoms with Crippen molar-refractivity contribution in [3.05, 3.63) is 60.8 Å². The molecule has 0 amide bonds. The minimum atomic E-state index is -4.39. The van der Waals surface area contributed by atoms with E-state index in [0.29, 0.717) is 6.42 Å². The van der Waals surface area contributed by atoms with Gasteiger partial charge in [-0.05, 0) is 77.0 Å². The molecule has 0 spiro atoms. The van der Waals surface area contributed by atoms with Gasteiger partial charge in [0.25, 0.3) is 0 Å². The Morgan fingerprint density at radius 1 is 0.585 bits per heavy atom. The highest BCUT2D eigenvalue weighted by molar-refractivity contribution is 7.47. The van der Waals surface area contributed by atoms with Crippen molar-refractivity contribution in [1.29, 1.82) is 0 Å². The second kappa shape index (κ2) is 39.4. The van der Waals surface area contributed by atoms with Gasteiger partial charge in [0.05, 0.1) is 13.2 Å². The van der Waals surface area contributed by atoms with Crippen LogP contribution in [0.2, 0.25) is 0 Å². The Morgan fingerprint density at radius 3 is 1.60 bits per heavy atom. The molecular weight excluding hydrogens is 689 g/mol. The molecule has 0 heterocycles. The SMILES string of the molecule is CC/C=C/C/C=C/C/C=C/C/C=C/CCCCC(=O)O[C@H](COC(=O)CCCCCCCCCCC/C=C/CCCCCC)COP(=O)(O)OCCN. The zero-order chi connectivity index (χ0) is 38.9. The summed E-state index contributed by atoms with van der Waals surface area (Å²) >= 11 is 0. The van der Waals surface area contributed by atoms with Crippen LogP contribution >= 0.6 is 7.82 Å². The van der Waals surface area contributed by atoms with Crippen LogP contribution in [0, 0.1) is 0 Å². The Morgan fingerprint density at radius 2 is 1.04 bits per heavy atom. The van der Waals surface area contributed by atoms with E-state index in [2.05, 4.69) is 74.6 Å². The van der Waals surface area contributed by atoms with Gasteiger partial charge in [-0.2, -0.15) is 0 Å². The molecule has 0 aromatic heterocycles. The number of carbonyl (C=O) groups is 2. The van der Waals surface area contributed by atoms with E-state index in [-0.39, 0.29) is 32.6 Å². The van der Waals surface area contributed by atoms with Gasteiger partial charge in [0.15, 0.2) is 6.10 Å². The molecule has 10 heteroatoms. The van der Waals surface area contributed by atoms with E-state index >= 15 is 0 Å². The van der Waals surface area contributed by atoms with Crippen LogP contribution in [0.15, 0.2) is 60.8 Å². The first-order chi connectivity index (χ1) is 25.8. The summed E-state index contributed by atoms with van der Waals surface area (Å²) in [5, 5.41) is 0. The molecule has 0 aliphatic carbocycles. The Bertz CT molecular complexity index is 1050. The second-order valence-corrected chi connectivity index (χ2v) is 14.9. The highest BCUT2D eigenvalue weighted by Gasteiger charge is 2.25. The summed E-state index contributed by atoms with van der Waals surface area (Å²) in [5.41, 5.74) is 5.34. The smallest absolute Gasteiger partial charge is 0.462 e. The highest BCUT2D eigenvalue weighted by atomic mass is 31.2. The zero-order valence-electron chi connectivity index (χ0n) is 33.5. The molecule has 0 saturated heterocycles. The molecule has 53 heavy (non-hydrogen) atoms. The van der Waals surface area contributed by atoms with Crippen molar-refractivity contribution in [3.8, 4) is 0 Å². The third-order valence-electron chi connectivity index (χ3n) is 8.39. The number of hydrogen-bond acceptors (Lipinski definition) is 8. The molecule has 0 bridgehead atoms. The molecule has 0 fully saturated rings. The topological polar surface area (TPSA) is 134 Å². The quantitative estimate of drug-likeness (QED) is 0.0272. The summed E-state index contributed by atoms with van der Waals surface area (Å²) in [6.07, 6.45) is 45.4. The minimum absolute atomic E-state index is 0.0439. The van der Waals surface area contributed by atoms with Crippen LogP contribution in [0.3, 0.4) is 0 Å². The standard InChI is InChI=1S/C43H76NO8P/c1-3-5-7-9-11-13-15-17-19-20-22-23-25-27-29-31-33-35-42(45)49-39-41(40-51-53(47,48)50-38-37-44)52-43(46)36-34-32-30-28-26-24-21-18-16-14-12-10-8-6-4-2/h6,8,12-15,18,21,26,28,41H,3-5,7,9-11,16-17,19-20,22-25,27,29-40,44H2,1-2H3,(H,47,48)/b8-6+,14-12+,15-13+,21-18+,28-26+/t41-/m1/s1. The third kappa shape index (κ3) is 39.2. The molecule has 0 rings (SSSR count). The van der Waals surface area contributed by atoms with Crippen molar-refractivity contribution in [2.24, 2.45) is 5.73 Å². The molecule has 0 saturated carbocycles. The Labute approximate surface area is 323 Å². The van der Waals surface area contributed by atoms with Gasteiger partial charge in [-0.25, -0.2) is 4.57 Å². The molecule has 2 atom stereocenters. The average molecular weight is 766 g/mol. The van der Waals surface area contributed by atoms with Crippen LogP contribution in [0.25, 0.3) is 0 Å². The predicted molar refractivity (Wildman–Crippen MR) is 219 cm³/mol. The van der Waals surface area contributed by atoms with E-state index in [0.717, 1.165) is 57.8 Å². The lowest BCUT2D eigenvalue weighted by Crippen LogP contribution is -2.29. The number of esters is 2. The maximum atomic E-state index is 12.5. The summed E-state index contributed by atoms with van der Waals surface area (Å²) in [4.78, 5) is 34.8. The summed E-state index contributed by atoms with van der Waals surface area (Å²) < 4.78 is 32.7. The lowest BCUT2D eigenvalue weighted by molar-refractivity contribution is -0.161. The lowest BCUT2D eigenvalue weighted by Gasteiger charge is -2.19. The van der Waals surface area contributed by atoms with E-state index < -0.39 is 32.5 Å². The largest absolute Gasteiger partial charge is 0.472 e. The summed E-state index contributed by atoms with van der Waals surface area (Å²) in [6.45, 7) is 3.54. The van der Waals surface area contributed by atoms with Gasteiger partial charge in [0.1, 0.15) is 6.61 Å². The number of carbonyl (C=O) groups excluding carboxylic acids is 2. The zero-order valence-corrected chi connectivity index (χ0v) is 34.4. The summed E-state index contributed by atoms with van der Waals surface area (Å²) in [5.74, 6) is -0.883. The van der Waals surface area contributed by atoms with Gasteiger partial charge < -0.3 is 20.1 Å². The number of phosphoric acid groups is 1. The van der Waals surface area contributed by atoms with E-state index in [1.165, 1.54) is 77.0 Å². The average Bonchev–Trinajstić information content (AvgIpc) is 3.14. The molecule has 9 nitrogen and oxygen atoms in total. The van der Waals surface area contributed by atoms with Gasteiger partial charge in [-0.3, -0.25) is 18.6 Å². The van der Waals surface area contributed by atoms with E-state index in [1.807, 2.05) is 0 Å². The maximum absolute atomic E-state index is 12.5. The molecule has 0 radical (unpaired) electrons. The molecule has 0 aromatic rings. The van der Waals surface area contributed by atoms with Crippen LogP contribution in [0.4, 0.5) is 0 Å². The Kier molecular flexibility index (Phi) is 37.7. The van der Waals surface area contributed by atoms with Crippen molar-refractivity contribution in [2.75, 3.05) is 26.4 Å². The number of unbranched alkanes of at least 4 members (excludes halogenated alkanes) is 15. The number of hydrogen-bond donors (Lipinski definition) is 2. The van der Waals surface area contributed by atoms with Gasteiger partial charge in [0.2, 0.25) is 0 Å². The van der Waals surface area contributed by atoms with E-state index in [9.17, 15) is 19.0 Å². The maximum Gasteiger partial charge on any atom is 0.472 e. The number of nitrogens with two attached hydrogens (primary N) is 1. The first-order valence-corrected chi connectivity index (χ1v) is 22.3. The molecular formula is C43H76NO8P. The monoisotopic (exact) mass is 766 g/mol. The normalized spacial score (nSPS) is 14.0. The fourth-order valence-corrected chi connectivity index (χ4v) is 6.09. The first kappa shape index (κ1) is 50.7. The molecule has 1 unspecified atom stereocenters. The number of ether oxygens (including phenoxy) is 2. The fraction of sp³-hybridized carbons (Fsp3) is 0.721. The molecule has 0 aromatic carbocycles. The molecule has 0 aliphatic rings. The number of phosphoric ester groups is 1. The highest BCUT2D eigenvalue weighted by Crippen LogP contribution is 2.43. The number of allylic oxidation sites excluding steroid dienone is 10. The minimum Gasteiger partial charge on any atom is -0.462 e. The van der Waals surface area contributed by atoms with Crippen LogP contribution in [0.5, 0.6) is 0 Å². The van der Waals surface area contributed by atoms with E-state index in [1.54, 1.807) is 0 Å². The summed E-state index contributed by atoms with van der Waals surface area (Å²) in [7, 11) is -4.39. The second-order valence-electron chi connectivity index (χ2n) is 13.5. The van der Waals surface area contributed by atoms with Gasteiger partial charge in [-0.15, -0.1) is 0 Å². The van der Waals surface area contributed by atoms with Gasteiger partial charge in [0, 0.05) is 19.4 Å². The van der Waals surface area contributed by atoms with Crippen molar-refractivity contribution < 1.29 is 37.6 Å². The molecule has 306 valence electrons. The van der Waals surface area contributed by atoms with Crippen molar-refractivity contribution in [1.82, 2.24) is 0 Å². The van der Waals surface area contributed by atoms with Crippen molar-refractivity contribution in [3.63, 3.8) is 0 Å². The lowest BCUT2D eigenvalue weighted by atomic mass is 10.1.